The van der Waals surface area contributed by atoms with Crippen molar-refractivity contribution in [3.8, 4) is 0 Å². The fraction of sp³-hybridized carbons (Fsp3) is 0.444. The maximum absolute atomic E-state index is 12.8. The number of nitrogens with zero attached hydrogens (tertiary/aromatic N) is 4. The van der Waals surface area contributed by atoms with Crippen molar-refractivity contribution in [2.75, 3.05) is 13.1 Å². The lowest BCUT2D eigenvalue weighted by Gasteiger charge is -2.24. The molecule has 0 aliphatic carbocycles. The van der Waals surface area contributed by atoms with Crippen LogP contribution in [0, 0.1) is 11.8 Å². The summed E-state index contributed by atoms with van der Waals surface area (Å²) in [4.78, 5) is 46.2. The molecule has 0 bridgehead atoms. The third-order valence-electron chi connectivity index (χ3n) is 9.05. The number of aromatic amines is 2. The highest BCUT2D eigenvalue weighted by atomic mass is 16.2. The summed E-state index contributed by atoms with van der Waals surface area (Å²) in [6.45, 7) is 9.84. The van der Waals surface area contributed by atoms with E-state index >= 15 is 0 Å². The van der Waals surface area contributed by atoms with Gasteiger partial charge in [-0.1, -0.05) is 39.8 Å². The Morgan fingerprint density at radius 2 is 1.17 bits per heavy atom. The van der Waals surface area contributed by atoms with Gasteiger partial charge in [0.15, 0.2) is 0 Å². The highest BCUT2D eigenvalue weighted by molar-refractivity contribution is 5.84. The zero-order valence-electron chi connectivity index (χ0n) is 27.3. The molecule has 6 rings (SSSR count). The van der Waals surface area contributed by atoms with Crippen molar-refractivity contribution >= 4 is 45.3 Å². The van der Waals surface area contributed by atoms with E-state index in [2.05, 4.69) is 37.7 Å². The second-order valence-electron chi connectivity index (χ2n) is 13.6. The Hall–Kier alpha value is -4.60. The average Bonchev–Trinajstić information content (AvgIpc) is 3.82. The van der Waals surface area contributed by atoms with Gasteiger partial charge in [-0.15, -0.1) is 0 Å². The van der Waals surface area contributed by atoms with Crippen molar-refractivity contribution in [3.05, 3.63) is 71.3 Å². The number of nitrogens with two attached hydrogens (primary N) is 2. The third kappa shape index (κ3) is 6.52. The summed E-state index contributed by atoms with van der Waals surface area (Å²) in [5, 5.41) is 0. The van der Waals surface area contributed by atoms with Crippen LogP contribution < -0.4 is 11.5 Å². The molecule has 242 valence electrons. The number of imidazole rings is 2. The van der Waals surface area contributed by atoms with E-state index in [4.69, 9.17) is 21.4 Å². The van der Waals surface area contributed by atoms with Crippen LogP contribution in [0.3, 0.4) is 0 Å². The molecule has 10 heteroatoms. The molecule has 0 saturated carbocycles. The van der Waals surface area contributed by atoms with Crippen LogP contribution in [-0.2, 0) is 9.59 Å². The Morgan fingerprint density at radius 1 is 0.761 bits per heavy atom. The molecule has 0 unspecified atom stereocenters. The monoisotopic (exact) mass is 622 g/mol. The number of nitrogens with one attached hydrogen (secondary N) is 2. The van der Waals surface area contributed by atoms with Crippen LogP contribution in [0.25, 0.3) is 33.5 Å². The van der Waals surface area contributed by atoms with Crippen LogP contribution in [0.2, 0.25) is 0 Å². The number of rotatable bonds is 9. The number of likely N-dealkylation sites (tertiary alicyclic amines) is 2. The number of fused-ring (bicyclic) bond motifs is 2. The lowest BCUT2D eigenvalue weighted by molar-refractivity contribution is -0.133. The molecule has 10 nitrogen and oxygen atoms in total. The molecule has 2 aliphatic rings. The van der Waals surface area contributed by atoms with Gasteiger partial charge in [-0.05, 0) is 85.1 Å². The minimum atomic E-state index is -0.0227. The van der Waals surface area contributed by atoms with Gasteiger partial charge < -0.3 is 31.2 Å². The van der Waals surface area contributed by atoms with Gasteiger partial charge in [0.05, 0.1) is 34.2 Å². The summed E-state index contributed by atoms with van der Waals surface area (Å²) in [6, 6.07) is 11.8. The van der Waals surface area contributed by atoms with E-state index in [0.717, 1.165) is 83.6 Å². The topological polar surface area (TPSA) is 150 Å². The summed E-state index contributed by atoms with van der Waals surface area (Å²) >= 11 is 0. The van der Waals surface area contributed by atoms with Crippen LogP contribution in [0.5, 0.6) is 0 Å². The molecule has 2 aliphatic heterocycles. The number of allylic oxidation sites excluding steroid dienone is 2. The van der Waals surface area contributed by atoms with Gasteiger partial charge in [-0.2, -0.15) is 0 Å². The Balaban J connectivity index is 1.17. The number of amides is 2. The minimum Gasteiger partial charge on any atom is -0.398 e. The molecule has 4 aromatic rings. The van der Waals surface area contributed by atoms with Gasteiger partial charge in [0.25, 0.3) is 0 Å². The molecule has 0 radical (unpaired) electrons. The number of carbonyl (C=O) groups excluding carboxylic acids is 2. The molecular weight excluding hydrogens is 576 g/mol. The molecule has 2 amide bonds. The maximum atomic E-state index is 12.8. The summed E-state index contributed by atoms with van der Waals surface area (Å²) in [7, 11) is 0. The number of hydrogen-bond acceptors (Lipinski definition) is 6. The van der Waals surface area contributed by atoms with Crippen LogP contribution >= 0.6 is 0 Å². The minimum absolute atomic E-state index is 0.0227. The van der Waals surface area contributed by atoms with E-state index in [1.807, 2.05) is 58.4 Å². The lowest BCUT2D eigenvalue weighted by Crippen LogP contribution is -2.31. The SMILES string of the molecule is CC(C)CC(=O)N1CCC[C@H]1c1nc2ccc(/C(N)=C/C=C(\N)c3ccc4nc([C@@H]5CCCN5C(=O)CC(C)C)[nH]c4c3)cc2[nH]1. The van der Waals surface area contributed by atoms with Crippen molar-refractivity contribution in [3.63, 3.8) is 0 Å². The number of carbonyl (C=O) groups is 2. The number of aromatic nitrogens is 4. The normalized spacial score (nSPS) is 19.4. The highest BCUT2D eigenvalue weighted by Gasteiger charge is 2.33. The van der Waals surface area contributed by atoms with E-state index in [1.165, 1.54) is 0 Å². The van der Waals surface area contributed by atoms with Crippen molar-refractivity contribution in [1.29, 1.82) is 0 Å². The first kappa shape index (κ1) is 31.4. The van der Waals surface area contributed by atoms with E-state index in [0.29, 0.717) is 36.1 Å². The molecular formula is C36H46N8O2. The van der Waals surface area contributed by atoms with Crippen LogP contribution in [0.4, 0.5) is 0 Å². The number of benzene rings is 2. The smallest absolute Gasteiger partial charge is 0.223 e. The summed E-state index contributed by atoms with van der Waals surface area (Å²) in [5.74, 6) is 2.69. The summed E-state index contributed by atoms with van der Waals surface area (Å²) in [6.07, 6.45) is 8.51. The number of hydrogen-bond donors (Lipinski definition) is 4. The fourth-order valence-corrected chi connectivity index (χ4v) is 6.74. The predicted octanol–water partition coefficient (Wildman–Crippen LogP) is 6.16. The summed E-state index contributed by atoms with van der Waals surface area (Å²) < 4.78 is 0. The Kier molecular flexibility index (Phi) is 8.88. The zero-order valence-corrected chi connectivity index (χ0v) is 27.3. The Labute approximate surface area is 270 Å². The highest BCUT2D eigenvalue weighted by Crippen LogP contribution is 2.34. The lowest BCUT2D eigenvalue weighted by atomic mass is 10.1. The second-order valence-corrected chi connectivity index (χ2v) is 13.6. The Bertz CT molecular complexity index is 1680. The van der Waals surface area contributed by atoms with E-state index < -0.39 is 0 Å². The van der Waals surface area contributed by atoms with Crippen LogP contribution in [0.15, 0.2) is 48.6 Å². The quantitative estimate of drug-likeness (QED) is 0.164. The molecule has 2 aromatic heterocycles. The first-order valence-electron chi connectivity index (χ1n) is 16.6. The first-order valence-corrected chi connectivity index (χ1v) is 16.6. The largest absolute Gasteiger partial charge is 0.398 e. The van der Waals surface area contributed by atoms with Gasteiger partial charge >= 0.3 is 0 Å². The predicted molar refractivity (Wildman–Crippen MR) is 183 cm³/mol. The molecule has 2 saturated heterocycles. The molecule has 46 heavy (non-hydrogen) atoms. The van der Waals surface area contributed by atoms with Crippen LogP contribution in [0.1, 0.15) is 101 Å². The molecule has 2 atom stereocenters. The molecule has 2 fully saturated rings. The first-order chi connectivity index (χ1) is 22.1. The molecule has 2 aromatic carbocycles. The summed E-state index contributed by atoms with van der Waals surface area (Å²) in [5.41, 5.74) is 19.3. The second kappa shape index (κ2) is 13.0. The van der Waals surface area contributed by atoms with Gasteiger partial charge in [0.1, 0.15) is 11.6 Å². The molecule has 6 N–H and O–H groups in total. The fourth-order valence-electron chi connectivity index (χ4n) is 6.74. The maximum Gasteiger partial charge on any atom is 0.223 e. The zero-order chi connectivity index (χ0) is 32.5. The van der Waals surface area contributed by atoms with E-state index in [-0.39, 0.29) is 23.9 Å². The van der Waals surface area contributed by atoms with Crippen molar-refractivity contribution in [2.24, 2.45) is 23.3 Å². The van der Waals surface area contributed by atoms with Gasteiger partial charge in [-0.25, -0.2) is 9.97 Å². The third-order valence-corrected chi connectivity index (χ3v) is 9.05. The average molecular weight is 623 g/mol. The van der Waals surface area contributed by atoms with Gasteiger partial charge in [-0.3, -0.25) is 9.59 Å². The Morgan fingerprint density at radius 3 is 1.57 bits per heavy atom. The van der Waals surface area contributed by atoms with Crippen LogP contribution in [-0.4, -0.2) is 54.6 Å². The van der Waals surface area contributed by atoms with Crippen molar-refractivity contribution in [2.45, 2.75) is 78.3 Å². The van der Waals surface area contributed by atoms with Gasteiger partial charge in [0.2, 0.25) is 11.8 Å². The van der Waals surface area contributed by atoms with Crippen molar-refractivity contribution < 1.29 is 9.59 Å². The van der Waals surface area contributed by atoms with E-state index in [9.17, 15) is 9.59 Å². The molecule has 0 spiro atoms. The van der Waals surface area contributed by atoms with Gasteiger partial charge in [0, 0.05) is 37.3 Å². The number of H-pyrrole nitrogens is 2. The van der Waals surface area contributed by atoms with E-state index in [1.54, 1.807) is 0 Å². The molecule has 4 heterocycles. The van der Waals surface area contributed by atoms with Crippen molar-refractivity contribution in [1.82, 2.24) is 29.7 Å². The standard InChI is InChI=1S/C36H46N8O2/c1-21(2)17-33(45)43-15-5-7-31(43)35-39-27-13-9-23(19-29(27)41-35)25(37)11-12-26(38)24-10-14-28-30(20-24)42-36(40-28)32-8-6-16-44(32)34(46)18-22(3)4/h9-14,19-22,31-32H,5-8,15-18,37-38H2,1-4H3,(H,39,41)(H,40,42)/b25-11-,26-12-/t31-,32-/m0/s1.